The minimum Gasteiger partial charge on any atom is -0.268 e. The minimum absolute atomic E-state index is 0.0913. The van der Waals surface area contributed by atoms with Gasteiger partial charge in [-0.1, -0.05) is 12.1 Å². The van der Waals surface area contributed by atoms with Crippen LogP contribution < -0.4 is 4.72 Å². The van der Waals surface area contributed by atoms with Crippen LogP contribution in [0.5, 0.6) is 0 Å². The Morgan fingerprint density at radius 2 is 1.88 bits per heavy atom. The van der Waals surface area contributed by atoms with Crippen molar-refractivity contribution in [1.29, 1.82) is 0 Å². The van der Waals surface area contributed by atoms with Crippen molar-refractivity contribution in [1.82, 2.24) is 14.5 Å². The zero-order valence-electron chi connectivity index (χ0n) is 14.5. The van der Waals surface area contributed by atoms with Crippen molar-refractivity contribution < 1.29 is 21.6 Å². The topological polar surface area (TPSA) is 64.0 Å². The van der Waals surface area contributed by atoms with Gasteiger partial charge < -0.3 is 0 Å². The molecule has 0 aliphatic rings. The molecule has 1 N–H and O–H groups in total. The van der Waals surface area contributed by atoms with E-state index >= 15 is 0 Å². The Morgan fingerprint density at radius 1 is 1.23 bits per heavy atom. The summed E-state index contributed by atoms with van der Waals surface area (Å²) in [7, 11) is -3.67. The second kappa shape index (κ2) is 7.69. The number of nitrogens with one attached hydrogen (secondary N) is 1. The Balaban J connectivity index is 2.02. The summed E-state index contributed by atoms with van der Waals surface area (Å²) < 4.78 is 66.9. The number of hydrogen-bond acceptors (Lipinski definition) is 3. The summed E-state index contributed by atoms with van der Waals surface area (Å²) in [6, 6.07) is 5.14. The molecule has 26 heavy (non-hydrogen) atoms. The number of hydrogen-bond donors (Lipinski definition) is 1. The SMILES string of the molecule is Cc1ccc(C)c(S(=O)(=O)NCCCn2nc(C(F)(F)F)c(Br)c2C)c1. The molecule has 0 fully saturated rings. The molecule has 0 amide bonds. The molecule has 1 aromatic heterocycles. The van der Waals surface area contributed by atoms with Gasteiger partial charge in [0.05, 0.1) is 15.1 Å². The molecule has 0 atom stereocenters. The van der Waals surface area contributed by atoms with E-state index in [0.717, 1.165) is 5.56 Å². The molecule has 0 unspecified atom stereocenters. The summed E-state index contributed by atoms with van der Waals surface area (Å²) in [6.45, 7) is 5.28. The van der Waals surface area contributed by atoms with Gasteiger partial charge in [-0.25, -0.2) is 13.1 Å². The average Bonchev–Trinajstić information content (AvgIpc) is 2.82. The van der Waals surface area contributed by atoms with E-state index < -0.39 is 21.9 Å². The fraction of sp³-hybridized carbons (Fsp3) is 0.438. The van der Waals surface area contributed by atoms with Gasteiger partial charge >= 0.3 is 6.18 Å². The zero-order chi connectivity index (χ0) is 19.7. The van der Waals surface area contributed by atoms with Gasteiger partial charge in [-0.15, -0.1) is 0 Å². The largest absolute Gasteiger partial charge is 0.436 e. The van der Waals surface area contributed by atoms with Crippen molar-refractivity contribution in [3.63, 3.8) is 0 Å². The highest BCUT2D eigenvalue weighted by Gasteiger charge is 2.37. The van der Waals surface area contributed by atoms with Gasteiger partial charge in [0.15, 0.2) is 5.69 Å². The number of benzene rings is 1. The van der Waals surface area contributed by atoms with E-state index in [2.05, 4.69) is 25.8 Å². The number of halogens is 4. The van der Waals surface area contributed by atoms with Crippen LogP contribution in [0.1, 0.15) is 28.9 Å². The van der Waals surface area contributed by atoms with Crippen molar-refractivity contribution in [2.75, 3.05) is 6.54 Å². The Kier molecular flexibility index (Phi) is 6.19. The van der Waals surface area contributed by atoms with Gasteiger partial charge in [-0.2, -0.15) is 18.3 Å². The van der Waals surface area contributed by atoms with E-state index in [1.807, 2.05) is 6.07 Å². The molecule has 0 bridgehead atoms. The van der Waals surface area contributed by atoms with Gasteiger partial charge in [0, 0.05) is 13.1 Å². The first-order valence-corrected chi connectivity index (χ1v) is 10.1. The van der Waals surface area contributed by atoms with E-state index in [1.165, 1.54) is 11.6 Å². The first kappa shape index (κ1) is 20.9. The molecule has 144 valence electrons. The monoisotopic (exact) mass is 453 g/mol. The number of alkyl halides is 3. The van der Waals surface area contributed by atoms with E-state index in [1.54, 1.807) is 26.0 Å². The third-order valence-electron chi connectivity index (χ3n) is 3.87. The highest BCUT2D eigenvalue weighted by molar-refractivity contribution is 9.10. The summed E-state index contributed by atoms with van der Waals surface area (Å²) in [5.74, 6) is 0. The molecule has 1 heterocycles. The summed E-state index contributed by atoms with van der Waals surface area (Å²) in [6.07, 6.45) is -4.24. The standard InChI is InChI=1S/C16H19BrF3N3O2S/c1-10-5-6-11(2)13(9-10)26(24,25)21-7-4-8-23-12(3)14(17)15(22-23)16(18,19)20/h5-6,9,21H,4,7-8H2,1-3H3. The maximum atomic E-state index is 12.8. The Bertz CT molecular complexity index is 908. The second-order valence-electron chi connectivity index (χ2n) is 5.99. The van der Waals surface area contributed by atoms with Crippen molar-refractivity contribution in [2.24, 2.45) is 0 Å². The van der Waals surface area contributed by atoms with Crippen molar-refractivity contribution >= 4 is 26.0 Å². The summed E-state index contributed by atoms with van der Waals surface area (Å²) in [4.78, 5) is 0.204. The van der Waals surface area contributed by atoms with E-state index in [0.29, 0.717) is 17.7 Å². The van der Waals surface area contributed by atoms with Gasteiger partial charge in [0.1, 0.15) is 0 Å². The Labute approximate surface area is 158 Å². The Morgan fingerprint density at radius 3 is 2.46 bits per heavy atom. The molecule has 0 spiro atoms. The lowest BCUT2D eigenvalue weighted by molar-refractivity contribution is -0.142. The molecule has 0 radical (unpaired) electrons. The third-order valence-corrected chi connectivity index (χ3v) is 6.43. The van der Waals surface area contributed by atoms with Crippen LogP contribution in [-0.4, -0.2) is 24.7 Å². The molecule has 2 aromatic rings. The molecular formula is C16H19BrF3N3O2S. The minimum atomic E-state index is -4.54. The molecule has 0 saturated heterocycles. The lowest BCUT2D eigenvalue weighted by Gasteiger charge is -2.10. The molecule has 1 aromatic carbocycles. The fourth-order valence-corrected chi connectivity index (χ4v) is 4.34. The lowest BCUT2D eigenvalue weighted by atomic mass is 10.2. The maximum Gasteiger partial charge on any atom is 0.436 e. The number of aryl methyl sites for hydroxylation is 3. The molecule has 0 saturated carbocycles. The summed E-state index contributed by atoms with van der Waals surface area (Å²) in [5, 5.41) is 3.57. The van der Waals surface area contributed by atoms with Crippen LogP contribution >= 0.6 is 15.9 Å². The summed E-state index contributed by atoms with van der Waals surface area (Å²) in [5.41, 5.74) is 0.818. The quantitative estimate of drug-likeness (QED) is 0.673. The number of nitrogens with zero attached hydrogens (tertiary/aromatic N) is 2. The van der Waals surface area contributed by atoms with Crippen molar-refractivity contribution in [3.05, 3.63) is 45.2 Å². The molecule has 5 nitrogen and oxygen atoms in total. The number of aromatic nitrogens is 2. The maximum absolute atomic E-state index is 12.8. The molecule has 10 heteroatoms. The molecular weight excluding hydrogens is 435 g/mol. The van der Waals surface area contributed by atoms with Gasteiger partial charge in [0.25, 0.3) is 0 Å². The van der Waals surface area contributed by atoms with Crippen LogP contribution in [0, 0.1) is 20.8 Å². The predicted molar refractivity (Wildman–Crippen MR) is 95.4 cm³/mol. The van der Waals surface area contributed by atoms with E-state index in [9.17, 15) is 21.6 Å². The number of sulfonamides is 1. The van der Waals surface area contributed by atoms with Crippen LogP contribution in [0.15, 0.2) is 27.6 Å². The number of rotatable bonds is 6. The first-order chi connectivity index (χ1) is 11.9. The van der Waals surface area contributed by atoms with Crippen LogP contribution in [-0.2, 0) is 22.7 Å². The van der Waals surface area contributed by atoms with Crippen LogP contribution in [0.2, 0.25) is 0 Å². The molecule has 0 aliphatic carbocycles. The van der Waals surface area contributed by atoms with E-state index in [4.69, 9.17) is 0 Å². The van der Waals surface area contributed by atoms with Gasteiger partial charge in [-0.05, 0) is 60.3 Å². The van der Waals surface area contributed by atoms with E-state index in [-0.39, 0.29) is 22.5 Å². The van der Waals surface area contributed by atoms with Crippen LogP contribution in [0.3, 0.4) is 0 Å². The third kappa shape index (κ3) is 4.66. The zero-order valence-corrected chi connectivity index (χ0v) is 16.9. The highest BCUT2D eigenvalue weighted by atomic mass is 79.9. The predicted octanol–water partition coefficient (Wildman–Crippen LogP) is 3.96. The Hall–Kier alpha value is -1.39. The highest BCUT2D eigenvalue weighted by Crippen LogP contribution is 2.35. The average molecular weight is 454 g/mol. The smallest absolute Gasteiger partial charge is 0.268 e. The first-order valence-electron chi connectivity index (χ1n) is 7.80. The van der Waals surface area contributed by atoms with Gasteiger partial charge in [0.2, 0.25) is 10.0 Å². The fourth-order valence-electron chi connectivity index (χ4n) is 2.43. The summed E-state index contributed by atoms with van der Waals surface area (Å²) >= 11 is 2.91. The normalized spacial score (nSPS) is 12.6. The van der Waals surface area contributed by atoms with Crippen molar-refractivity contribution in [2.45, 2.75) is 44.8 Å². The van der Waals surface area contributed by atoms with Crippen molar-refractivity contribution in [3.8, 4) is 0 Å². The molecule has 2 rings (SSSR count). The van der Waals surface area contributed by atoms with Crippen LogP contribution in [0.25, 0.3) is 0 Å². The lowest BCUT2D eigenvalue weighted by Crippen LogP contribution is -2.26. The molecule has 0 aliphatic heterocycles. The van der Waals surface area contributed by atoms with Crippen LogP contribution in [0.4, 0.5) is 13.2 Å². The second-order valence-corrected chi connectivity index (χ2v) is 8.52. The van der Waals surface area contributed by atoms with Gasteiger partial charge in [-0.3, -0.25) is 4.68 Å².